The highest BCUT2D eigenvalue weighted by atomic mass is 32.2. The van der Waals surface area contributed by atoms with Gasteiger partial charge in [0.2, 0.25) is 5.91 Å². The largest absolute Gasteiger partial charge is 0.304 e. The van der Waals surface area contributed by atoms with Crippen molar-refractivity contribution in [3.8, 4) is 0 Å². The van der Waals surface area contributed by atoms with E-state index in [1.165, 1.54) is 23.7 Å². The summed E-state index contributed by atoms with van der Waals surface area (Å²) in [6, 6.07) is 6.08. The van der Waals surface area contributed by atoms with Gasteiger partial charge in [-0.05, 0) is 25.5 Å². The maximum atomic E-state index is 11.0. The minimum Gasteiger partial charge on any atom is -0.304 e. The first kappa shape index (κ1) is 14.8. The second-order valence-corrected chi connectivity index (χ2v) is 5.21. The van der Waals surface area contributed by atoms with Crippen LogP contribution in [0.1, 0.15) is 31.4 Å². The van der Waals surface area contributed by atoms with E-state index >= 15 is 0 Å². The molecule has 1 aromatic rings. The SMILES string of the molecule is CCC.Cc1ccc(N=C2NC(=O)CS2)c(C)c1. The number of aliphatic imine (C=N–C) groups is 1. The number of nitrogens with zero attached hydrogens (tertiary/aromatic N) is 1. The molecule has 0 bridgehead atoms. The second kappa shape index (κ2) is 7.21. The summed E-state index contributed by atoms with van der Waals surface area (Å²) in [7, 11) is 0. The summed E-state index contributed by atoms with van der Waals surface area (Å²) >= 11 is 1.45. The Bertz CT molecular complexity index is 455. The highest BCUT2D eigenvalue weighted by Crippen LogP contribution is 2.22. The van der Waals surface area contributed by atoms with Crippen molar-refractivity contribution >= 4 is 28.5 Å². The summed E-state index contributed by atoms with van der Waals surface area (Å²) in [4.78, 5) is 15.4. The molecule has 0 aromatic heterocycles. The first-order chi connectivity index (χ1) is 8.56. The molecule has 2 rings (SSSR count). The molecule has 0 unspecified atom stereocenters. The minimum atomic E-state index is 0.0310. The van der Waals surface area contributed by atoms with E-state index in [1.54, 1.807) is 0 Å². The van der Waals surface area contributed by atoms with Crippen LogP contribution in [0, 0.1) is 13.8 Å². The molecule has 0 spiro atoms. The van der Waals surface area contributed by atoms with Gasteiger partial charge in [0.15, 0.2) is 5.17 Å². The van der Waals surface area contributed by atoms with E-state index in [2.05, 4.69) is 37.1 Å². The zero-order valence-corrected chi connectivity index (χ0v) is 12.2. The summed E-state index contributed by atoms with van der Waals surface area (Å²) in [6.07, 6.45) is 1.25. The minimum absolute atomic E-state index is 0.0310. The van der Waals surface area contributed by atoms with Crippen LogP contribution in [0.25, 0.3) is 0 Å². The lowest BCUT2D eigenvalue weighted by Crippen LogP contribution is -2.19. The van der Waals surface area contributed by atoms with Crippen LogP contribution in [-0.2, 0) is 4.79 Å². The molecule has 3 nitrogen and oxygen atoms in total. The van der Waals surface area contributed by atoms with Gasteiger partial charge in [0.1, 0.15) is 0 Å². The Morgan fingerprint density at radius 2 is 2.00 bits per heavy atom. The Morgan fingerprint density at radius 3 is 2.50 bits per heavy atom. The first-order valence-corrected chi connectivity index (χ1v) is 7.14. The predicted molar refractivity (Wildman–Crippen MR) is 79.6 cm³/mol. The van der Waals surface area contributed by atoms with Crippen molar-refractivity contribution < 1.29 is 4.79 Å². The Kier molecular flexibility index (Phi) is 5.92. The van der Waals surface area contributed by atoms with E-state index in [0.29, 0.717) is 10.9 Å². The number of nitrogens with one attached hydrogen (secondary N) is 1. The number of hydrogen-bond acceptors (Lipinski definition) is 3. The van der Waals surface area contributed by atoms with Gasteiger partial charge in [-0.25, -0.2) is 4.99 Å². The van der Waals surface area contributed by atoms with Crippen LogP contribution in [0.4, 0.5) is 5.69 Å². The molecule has 1 fully saturated rings. The van der Waals surface area contributed by atoms with Crippen LogP contribution in [0.5, 0.6) is 0 Å². The quantitative estimate of drug-likeness (QED) is 0.842. The van der Waals surface area contributed by atoms with E-state index in [0.717, 1.165) is 11.3 Å². The Balaban J connectivity index is 0.000000492. The molecule has 0 aliphatic carbocycles. The van der Waals surface area contributed by atoms with Crippen molar-refractivity contribution in [3.63, 3.8) is 0 Å². The predicted octanol–water partition coefficient (Wildman–Crippen LogP) is 3.57. The lowest BCUT2D eigenvalue weighted by Gasteiger charge is -2.02. The highest BCUT2D eigenvalue weighted by Gasteiger charge is 2.16. The van der Waals surface area contributed by atoms with E-state index < -0.39 is 0 Å². The van der Waals surface area contributed by atoms with E-state index in [1.807, 2.05) is 19.1 Å². The fraction of sp³-hybridized carbons (Fsp3) is 0.429. The van der Waals surface area contributed by atoms with Gasteiger partial charge in [0, 0.05) is 0 Å². The number of thioether (sulfide) groups is 1. The molecule has 1 aliphatic rings. The van der Waals surface area contributed by atoms with Crippen molar-refractivity contribution in [2.45, 2.75) is 34.1 Å². The Morgan fingerprint density at radius 1 is 1.33 bits per heavy atom. The Hall–Kier alpha value is -1.29. The van der Waals surface area contributed by atoms with Crippen molar-refractivity contribution in [2.75, 3.05) is 5.75 Å². The molecule has 0 atom stereocenters. The topological polar surface area (TPSA) is 41.5 Å². The van der Waals surface area contributed by atoms with E-state index in [4.69, 9.17) is 0 Å². The molecule has 18 heavy (non-hydrogen) atoms. The normalized spacial score (nSPS) is 16.2. The number of carbonyl (C=O) groups is 1. The molecule has 98 valence electrons. The van der Waals surface area contributed by atoms with Crippen molar-refractivity contribution in [1.29, 1.82) is 0 Å². The standard InChI is InChI=1S/C11H12N2OS.C3H8/c1-7-3-4-9(8(2)5-7)12-11-13-10(14)6-15-11;1-3-2/h3-5H,6H2,1-2H3,(H,12,13,14);3H2,1-2H3. The van der Waals surface area contributed by atoms with E-state index in [9.17, 15) is 4.79 Å². The molecule has 0 saturated carbocycles. The molecule has 1 aliphatic heterocycles. The fourth-order valence-electron chi connectivity index (χ4n) is 1.43. The molecule has 1 N–H and O–H groups in total. The lowest BCUT2D eigenvalue weighted by molar-refractivity contribution is -0.116. The van der Waals surface area contributed by atoms with Crippen LogP contribution >= 0.6 is 11.8 Å². The van der Waals surface area contributed by atoms with Gasteiger partial charge in [-0.3, -0.25) is 4.79 Å². The van der Waals surface area contributed by atoms with Gasteiger partial charge < -0.3 is 5.32 Å². The van der Waals surface area contributed by atoms with Crippen molar-refractivity contribution in [2.24, 2.45) is 4.99 Å². The van der Waals surface area contributed by atoms with Crippen LogP contribution in [0.2, 0.25) is 0 Å². The first-order valence-electron chi connectivity index (χ1n) is 6.15. The maximum absolute atomic E-state index is 11.0. The summed E-state index contributed by atoms with van der Waals surface area (Å²) in [5.41, 5.74) is 3.27. The van der Waals surface area contributed by atoms with Gasteiger partial charge >= 0.3 is 0 Å². The molecule has 0 radical (unpaired) electrons. The smallest absolute Gasteiger partial charge is 0.236 e. The van der Waals surface area contributed by atoms with Crippen LogP contribution in [0.15, 0.2) is 23.2 Å². The molecule has 4 heteroatoms. The number of amides is 1. The summed E-state index contributed by atoms with van der Waals surface area (Å²) < 4.78 is 0. The average Bonchev–Trinajstić information content (AvgIpc) is 2.69. The van der Waals surface area contributed by atoms with Crippen LogP contribution < -0.4 is 5.32 Å². The number of rotatable bonds is 1. The molecule has 1 saturated heterocycles. The zero-order chi connectivity index (χ0) is 13.5. The fourth-order valence-corrected chi connectivity index (χ4v) is 2.11. The third-order valence-corrected chi connectivity index (χ3v) is 3.03. The summed E-state index contributed by atoms with van der Waals surface area (Å²) in [5, 5.41) is 3.42. The number of benzene rings is 1. The van der Waals surface area contributed by atoms with Crippen molar-refractivity contribution in [1.82, 2.24) is 5.32 Å². The molecule has 1 amide bonds. The average molecular weight is 264 g/mol. The molecule has 1 aromatic carbocycles. The second-order valence-electron chi connectivity index (χ2n) is 4.25. The van der Waals surface area contributed by atoms with Gasteiger partial charge in [-0.1, -0.05) is 49.7 Å². The molecular weight excluding hydrogens is 244 g/mol. The number of aryl methyl sites for hydroxylation is 2. The Labute approximate surface area is 113 Å². The lowest BCUT2D eigenvalue weighted by atomic mass is 10.1. The van der Waals surface area contributed by atoms with Crippen LogP contribution in [0.3, 0.4) is 0 Å². The summed E-state index contributed by atoms with van der Waals surface area (Å²) in [6.45, 7) is 8.32. The van der Waals surface area contributed by atoms with Crippen molar-refractivity contribution in [3.05, 3.63) is 29.3 Å². The summed E-state index contributed by atoms with van der Waals surface area (Å²) in [5.74, 6) is 0.507. The monoisotopic (exact) mass is 264 g/mol. The number of carbonyl (C=O) groups excluding carboxylic acids is 1. The maximum Gasteiger partial charge on any atom is 0.236 e. The van der Waals surface area contributed by atoms with Crippen LogP contribution in [-0.4, -0.2) is 16.8 Å². The van der Waals surface area contributed by atoms with Gasteiger partial charge in [0.05, 0.1) is 11.4 Å². The number of amidine groups is 1. The van der Waals surface area contributed by atoms with E-state index in [-0.39, 0.29) is 5.91 Å². The van der Waals surface area contributed by atoms with Gasteiger partial charge in [-0.15, -0.1) is 0 Å². The third-order valence-electron chi connectivity index (χ3n) is 2.16. The number of hydrogen-bond donors (Lipinski definition) is 1. The van der Waals surface area contributed by atoms with Gasteiger partial charge in [-0.2, -0.15) is 0 Å². The van der Waals surface area contributed by atoms with Gasteiger partial charge in [0.25, 0.3) is 0 Å². The molecule has 1 heterocycles. The third kappa shape index (κ3) is 4.53. The highest BCUT2D eigenvalue weighted by molar-refractivity contribution is 8.15. The zero-order valence-electron chi connectivity index (χ0n) is 11.4. The molecular formula is C14H20N2OS.